The Morgan fingerprint density at radius 3 is 0.792 bits per heavy atom. The lowest BCUT2D eigenvalue weighted by Gasteiger charge is -2.18. The lowest BCUT2D eigenvalue weighted by atomic mass is 10.1. The highest BCUT2D eigenvalue weighted by Gasteiger charge is 2.19. The fourth-order valence-electron chi connectivity index (χ4n) is 9.14. The van der Waals surface area contributed by atoms with Crippen molar-refractivity contribution in [3.05, 3.63) is 97.2 Å². The highest BCUT2D eigenvalue weighted by molar-refractivity contribution is 5.71. The number of hydrogen-bond acceptors (Lipinski definition) is 6. The second-order valence-electron chi connectivity index (χ2n) is 21.6. The minimum Gasteiger partial charge on any atom is -0.462 e. The van der Waals surface area contributed by atoms with Crippen molar-refractivity contribution >= 4 is 17.9 Å². The fourth-order valence-corrected chi connectivity index (χ4v) is 9.14. The van der Waals surface area contributed by atoms with Gasteiger partial charge in [-0.15, -0.1) is 0 Å². The molecule has 6 nitrogen and oxygen atoms in total. The van der Waals surface area contributed by atoms with Crippen molar-refractivity contribution in [2.24, 2.45) is 0 Å². The second kappa shape index (κ2) is 64.9. The number of esters is 3. The van der Waals surface area contributed by atoms with Crippen LogP contribution < -0.4 is 0 Å². The molecule has 0 aromatic carbocycles. The van der Waals surface area contributed by atoms with Crippen LogP contribution in [0.5, 0.6) is 0 Å². The molecule has 0 amide bonds. The minimum absolute atomic E-state index is 0.0850. The van der Waals surface area contributed by atoms with Crippen molar-refractivity contribution < 1.29 is 28.6 Å². The molecule has 6 heteroatoms. The highest BCUT2D eigenvalue weighted by atomic mass is 16.6. The smallest absolute Gasteiger partial charge is 0.306 e. The van der Waals surface area contributed by atoms with Crippen LogP contribution in [0.15, 0.2) is 97.2 Å². The Balaban J connectivity index is 4.40. The van der Waals surface area contributed by atoms with Gasteiger partial charge in [0.2, 0.25) is 0 Å². The molecule has 1 atom stereocenters. The van der Waals surface area contributed by atoms with Gasteiger partial charge < -0.3 is 14.2 Å². The van der Waals surface area contributed by atoms with Crippen molar-refractivity contribution in [3.63, 3.8) is 0 Å². The zero-order valence-electron chi connectivity index (χ0n) is 50.7. The average molecular weight is 1070 g/mol. The number of unbranched alkanes of at least 4 members (excludes halogenated alkanes) is 32. The molecule has 0 heterocycles. The molecule has 0 spiro atoms. The van der Waals surface area contributed by atoms with E-state index in [-0.39, 0.29) is 31.1 Å². The van der Waals surface area contributed by atoms with Gasteiger partial charge in [0, 0.05) is 19.3 Å². The molecule has 0 fully saturated rings. The van der Waals surface area contributed by atoms with Crippen LogP contribution in [0.2, 0.25) is 0 Å². The molecule has 0 aliphatic rings. The summed E-state index contributed by atoms with van der Waals surface area (Å²) in [6, 6.07) is 0. The Morgan fingerprint density at radius 1 is 0.273 bits per heavy atom. The van der Waals surface area contributed by atoms with Crippen molar-refractivity contribution in [1.29, 1.82) is 0 Å². The summed E-state index contributed by atoms with van der Waals surface area (Å²) < 4.78 is 17.0. The number of allylic oxidation sites excluding steroid dienone is 16. The van der Waals surface area contributed by atoms with Crippen molar-refractivity contribution in [2.75, 3.05) is 13.2 Å². The topological polar surface area (TPSA) is 78.9 Å². The van der Waals surface area contributed by atoms with Gasteiger partial charge >= 0.3 is 17.9 Å². The molecule has 0 bridgehead atoms. The lowest BCUT2D eigenvalue weighted by Crippen LogP contribution is -2.30. The summed E-state index contributed by atoms with van der Waals surface area (Å²) in [6.45, 7) is 6.51. The van der Waals surface area contributed by atoms with Gasteiger partial charge in [0.1, 0.15) is 13.2 Å². The van der Waals surface area contributed by atoms with E-state index in [0.717, 1.165) is 109 Å². The molecule has 0 rings (SSSR count). The van der Waals surface area contributed by atoms with Gasteiger partial charge in [0.05, 0.1) is 0 Å². The van der Waals surface area contributed by atoms with Crippen LogP contribution in [0.3, 0.4) is 0 Å². The van der Waals surface area contributed by atoms with E-state index in [1.54, 1.807) is 0 Å². The first-order chi connectivity index (χ1) is 38.0. The Hall–Kier alpha value is -3.67. The molecule has 0 radical (unpaired) electrons. The van der Waals surface area contributed by atoms with Gasteiger partial charge in [0.25, 0.3) is 0 Å². The van der Waals surface area contributed by atoms with Gasteiger partial charge in [-0.2, -0.15) is 0 Å². The van der Waals surface area contributed by atoms with Crippen molar-refractivity contribution in [2.45, 2.75) is 322 Å². The lowest BCUT2D eigenvalue weighted by molar-refractivity contribution is -0.167. The van der Waals surface area contributed by atoms with E-state index in [1.807, 2.05) is 0 Å². The van der Waals surface area contributed by atoms with E-state index in [4.69, 9.17) is 14.2 Å². The molecule has 0 aromatic heterocycles. The molecule has 1 unspecified atom stereocenters. The van der Waals surface area contributed by atoms with E-state index in [9.17, 15) is 14.4 Å². The first kappa shape index (κ1) is 73.3. The van der Waals surface area contributed by atoms with E-state index in [0.29, 0.717) is 19.3 Å². The summed E-state index contributed by atoms with van der Waals surface area (Å²) in [5.41, 5.74) is 0. The predicted molar refractivity (Wildman–Crippen MR) is 334 cm³/mol. The van der Waals surface area contributed by atoms with Crippen LogP contribution in [-0.4, -0.2) is 37.2 Å². The van der Waals surface area contributed by atoms with Gasteiger partial charge in [-0.25, -0.2) is 0 Å². The maximum atomic E-state index is 12.9. The van der Waals surface area contributed by atoms with Gasteiger partial charge in [-0.3, -0.25) is 14.4 Å². The molecule has 0 N–H and O–H groups in total. The largest absolute Gasteiger partial charge is 0.462 e. The van der Waals surface area contributed by atoms with Crippen LogP contribution in [0, 0.1) is 0 Å². The second-order valence-corrected chi connectivity index (χ2v) is 21.6. The van der Waals surface area contributed by atoms with Gasteiger partial charge in [0.15, 0.2) is 6.10 Å². The van der Waals surface area contributed by atoms with Crippen LogP contribution in [0.25, 0.3) is 0 Å². The Kier molecular flexibility index (Phi) is 61.8. The Morgan fingerprint density at radius 2 is 0.506 bits per heavy atom. The third kappa shape index (κ3) is 63.0. The summed E-state index contributed by atoms with van der Waals surface area (Å²) in [6.07, 6.45) is 86.9. The quantitative estimate of drug-likeness (QED) is 0.0261. The van der Waals surface area contributed by atoms with Crippen LogP contribution in [-0.2, 0) is 28.6 Å². The molecule has 0 saturated carbocycles. The summed E-state index contributed by atoms with van der Waals surface area (Å²) in [5.74, 6) is -0.893. The third-order valence-electron chi connectivity index (χ3n) is 14.0. The fraction of sp³-hybridized carbons (Fsp3) is 0.732. The van der Waals surface area contributed by atoms with E-state index >= 15 is 0 Å². The third-order valence-corrected chi connectivity index (χ3v) is 14.0. The van der Waals surface area contributed by atoms with Gasteiger partial charge in [-0.05, 0) is 122 Å². The van der Waals surface area contributed by atoms with Crippen LogP contribution in [0.4, 0.5) is 0 Å². The number of carbonyl (C=O) groups is 3. The summed E-state index contributed by atoms with van der Waals surface area (Å²) >= 11 is 0. The number of carbonyl (C=O) groups excluding carboxylic acids is 3. The van der Waals surface area contributed by atoms with Crippen molar-refractivity contribution in [3.8, 4) is 0 Å². The number of rotatable bonds is 59. The molecular weight excluding hydrogens is 949 g/mol. The Labute approximate surface area is 477 Å². The summed E-state index contributed by atoms with van der Waals surface area (Å²) in [7, 11) is 0. The molecule has 442 valence electrons. The molecule has 0 aromatic rings. The average Bonchev–Trinajstić information content (AvgIpc) is 3.43. The van der Waals surface area contributed by atoms with Crippen LogP contribution >= 0.6 is 0 Å². The monoisotopic (exact) mass is 1070 g/mol. The minimum atomic E-state index is -0.789. The number of ether oxygens (including phenoxy) is 3. The first-order valence-electron chi connectivity index (χ1n) is 32.7. The molecule has 77 heavy (non-hydrogen) atoms. The van der Waals surface area contributed by atoms with Gasteiger partial charge in [-0.1, -0.05) is 272 Å². The van der Waals surface area contributed by atoms with E-state index in [2.05, 4.69) is 118 Å². The standard InChI is InChI=1S/C71H122O6/c1-4-7-10-13-16-19-22-25-28-31-34-35-36-37-38-41-43-46-49-52-55-58-61-64-70(73)76-67-68(77-71(74)65-62-59-56-53-50-47-44-40-33-30-27-24-21-18-15-12-9-6-3)66-75-69(72)63-60-57-54-51-48-45-42-39-32-29-26-23-20-17-14-11-8-5-2/h7,10,16,19-21,23-25,28-30,32-35,68H,4-6,8-9,11-15,17-18,22,26-27,31,36-67H2,1-3H3/b10-7-,19-16-,23-20-,24-21-,28-25-,32-29-,33-30-,35-34-. The summed E-state index contributed by atoms with van der Waals surface area (Å²) in [5, 5.41) is 0. The Bertz CT molecular complexity index is 1510. The van der Waals surface area contributed by atoms with E-state index < -0.39 is 6.10 Å². The maximum absolute atomic E-state index is 12.9. The summed E-state index contributed by atoms with van der Waals surface area (Å²) in [4.78, 5) is 38.4. The van der Waals surface area contributed by atoms with E-state index in [1.165, 1.54) is 167 Å². The van der Waals surface area contributed by atoms with Crippen molar-refractivity contribution in [1.82, 2.24) is 0 Å². The zero-order valence-corrected chi connectivity index (χ0v) is 50.7. The normalized spacial score (nSPS) is 12.7. The highest BCUT2D eigenvalue weighted by Crippen LogP contribution is 2.16. The number of hydrogen-bond donors (Lipinski definition) is 0. The molecule has 0 aliphatic carbocycles. The first-order valence-corrected chi connectivity index (χ1v) is 32.7. The predicted octanol–water partition coefficient (Wildman–Crippen LogP) is 22.4. The molecular formula is C71H122O6. The molecule has 0 saturated heterocycles. The maximum Gasteiger partial charge on any atom is 0.306 e. The SMILES string of the molecule is CC/C=C\C/C=C\C/C=C\C/C=C\CCCCCCCCCCCCC(=O)OCC(COC(=O)CCCCCCCCC/C=C\C/C=C\CCCCCC)OC(=O)CCCCCCCCC/C=C\C/C=C\CCCCCC. The molecule has 0 aliphatic heterocycles. The zero-order chi connectivity index (χ0) is 55.7. The van der Waals surface area contributed by atoms with Crippen LogP contribution in [0.1, 0.15) is 316 Å².